The first-order valence-electron chi connectivity index (χ1n) is 11.1. The third kappa shape index (κ3) is 7.32. The van der Waals surface area contributed by atoms with Gasteiger partial charge in [0, 0.05) is 26.1 Å². The Labute approximate surface area is 191 Å². The third-order valence-electron chi connectivity index (χ3n) is 5.49. The highest BCUT2D eigenvalue weighted by Crippen LogP contribution is 2.24. The van der Waals surface area contributed by atoms with Crippen LogP contribution in [0.25, 0.3) is 0 Å². The molecular formula is C24H33N3O4S. The van der Waals surface area contributed by atoms with E-state index in [-0.39, 0.29) is 23.8 Å². The van der Waals surface area contributed by atoms with Crippen molar-refractivity contribution in [2.24, 2.45) is 0 Å². The van der Waals surface area contributed by atoms with Crippen LogP contribution in [0.2, 0.25) is 0 Å². The lowest BCUT2D eigenvalue weighted by molar-refractivity contribution is -0.121. The molecule has 174 valence electrons. The molecule has 0 bridgehead atoms. The number of fused-ring (bicyclic) bond motifs is 1. The maximum absolute atomic E-state index is 12.6. The van der Waals surface area contributed by atoms with Crippen molar-refractivity contribution in [1.29, 1.82) is 0 Å². The number of nitrogens with one attached hydrogen (secondary N) is 2. The van der Waals surface area contributed by atoms with Crippen LogP contribution in [0.1, 0.15) is 36.0 Å². The standard InChI is InChI=1S/C24H33N3O4S/c1-27(2)15-16-31-22-10-7-19(8-11-22)18-25-24(28)13-14-26-32(29,30)23-12-9-20-5-3-4-6-21(20)17-23/h7-12,17,26H,3-6,13-16,18H2,1-2H3,(H,25,28). The van der Waals surface area contributed by atoms with Crippen molar-refractivity contribution in [3.8, 4) is 5.75 Å². The van der Waals surface area contributed by atoms with E-state index in [4.69, 9.17) is 4.74 Å². The molecule has 0 aromatic heterocycles. The minimum Gasteiger partial charge on any atom is -0.492 e. The molecule has 0 saturated heterocycles. The SMILES string of the molecule is CN(C)CCOc1ccc(CNC(=O)CCNS(=O)(=O)c2ccc3c(c2)CCCC3)cc1. The van der Waals surface area contributed by atoms with Crippen molar-refractivity contribution in [2.75, 3.05) is 33.8 Å². The molecule has 0 radical (unpaired) electrons. The van der Waals surface area contributed by atoms with E-state index in [0.717, 1.165) is 49.1 Å². The van der Waals surface area contributed by atoms with E-state index in [9.17, 15) is 13.2 Å². The molecule has 8 heteroatoms. The molecule has 0 aliphatic heterocycles. The van der Waals surface area contributed by atoms with Crippen LogP contribution in [-0.2, 0) is 34.2 Å². The molecule has 1 amide bonds. The lowest BCUT2D eigenvalue weighted by atomic mass is 9.92. The van der Waals surface area contributed by atoms with Gasteiger partial charge in [0.1, 0.15) is 12.4 Å². The Morgan fingerprint density at radius 1 is 1.03 bits per heavy atom. The molecular weight excluding hydrogens is 426 g/mol. The summed E-state index contributed by atoms with van der Waals surface area (Å²) >= 11 is 0. The highest BCUT2D eigenvalue weighted by molar-refractivity contribution is 7.89. The van der Waals surface area contributed by atoms with E-state index >= 15 is 0 Å². The quantitative estimate of drug-likeness (QED) is 0.539. The minimum atomic E-state index is -3.62. The largest absolute Gasteiger partial charge is 0.492 e. The zero-order chi connectivity index (χ0) is 23.0. The van der Waals surface area contributed by atoms with Crippen LogP contribution in [0.4, 0.5) is 0 Å². The lowest BCUT2D eigenvalue weighted by Gasteiger charge is -2.16. The van der Waals surface area contributed by atoms with Gasteiger partial charge in [-0.1, -0.05) is 18.2 Å². The summed E-state index contributed by atoms with van der Waals surface area (Å²) < 4.78 is 33.3. The molecule has 7 nitrogen and oxygen atoms in total. The van der Waals surface area contributed by atoms with Crippen LogP contribution in [0.15, 0.2) is 47.4 Å². The van der Waals surface area contributed by atoms with E-state index in [1.807, 2.05) is 44.4 Å². The molecule has 1 aliphatic rings. The van der Waals surface area contributed by atoms with E-state index in [1.165, 1.54) is 5.56 Å². The fraction of sp³-hybridized carbons (Fsp3) is 0.458. The second kappa shape index (κ2) is 11.4. The third-order valence-corrected chi connectivity index (χ3v) is 6.95. The highest BCUT2D eigenvalue weighted by atomic mass is 32.2. The number of carbonyl (C=O) groups excluding carboxylic acids is 1. The molecule has 1 aliphatic carbocycles. The van der Waals surface area contributed by atoms with E-state index in [2.05, 4.69) is 14.9 Å². The van der Waals surface area contributed by atoms with Crippen molar-refractivity contribution < 1.29 is 17.9 Å². The van der Waals surface area contributed by atoms with Gasteiger partial charge in [-0.2, -0.15) is 0 Å². The number of ether oxygens (including phenoxy) is 1. The van der Waals surface area contributed by atoms with Gasteiger partial charge < -0.3 is 15.0 Å². The smallest absolute Gasteiger partial charge is 0.240 e. The first-order chi connectivity index (χ1) is 15.3. The van der Waals surface area contributed by atoms with Gasteiger partial charge in [0.2, 0.25) is 15.9 Å². The first kappa shape index (κ1) is 24.2. The summed E-state index contributed by atoms with van der Waals surface area (Å²) in [7, 11) is 0.367. The second-order valence-electron chi connectivity index (χ2n) is 8.36. The van der Waals surface area contributed by atoms with Crippen molar-refractivity contribution in [3.05, 3.63) is 59.2 Å². The number of likely N-dealkylation sites (N-methyl/N-ethyl adjacent to an activating group) is 1. The molecule has 0 spiro atoms. The van der Waals surface area contributed by atoms with Crippen molar-refractivity contribution >= 4 is 15.9 Å². The molecule has 0 fully saturated rings. The zero-order valence-electron chi connectivity index (χ0n) is 18.9. The Morgan fingerprint density at radius 2 is 1.75 bits per heavy atom. The average Bonchev–Trinajstić information content (AvgIpc) is 2.78. The number of hydrogen-bond donors (Lipinski definition) is 2. The Kier molecular flexibility index (Phi) is 8.67. The van der Waals surface area contributed by atoms with Crippen molar-refractivity contribution in [3.63, 3.8) is 0 Å². The monoisotopic (exact) mass is 459 g/mol. The van der Waals surface area contributed by atoms with Gasteiger partial charge in [0.15, 0.2) is 0 Å². The predicted octanol–water partition coefficient (Wildman–Crippen LogP) is 2.49. The number of benzene rings is 2. The maximum Gasteiger partial charge on any atom is 0.240 e. The number of rotatable bonds is 11. The summed E-state index contributed by atoms with van der Waals surface area (Å²) in [6.07, 6.45) is 4.26. The molecule has 32 heavy (non-hydrogen) atoms. The summed E-state index contributed by atoms with van der Waals surface area (Å²) in [6.45, 7) is 1.90. The first-order valence-corrected chi connectivity index (χ1v) is 12.6. The molecule has 2 aromatic carbocycles. The van der Waals surface area contributed by atoms with Crippen molar-refractivity contribution in [1.82, 2.24) is 14.9 Å². The van der Waals surface area contributed by atoms with Crippen LogP contribution < -0.4 is 14.8 Å². The Bertz CT molecular complexity index is 1000. The van der Waals surface area contributed by atoms with Gasteiger partial charge in [-0.3, -0.25) is 4.79 Å². The van der Waals surface area contributed by atoms with Gasteiger partial charge in [-0.05, 0) is 80.7 Å². The summed E-state index contributed by atoms with van der Waals surface area (Å²) in [6, 6.07) is 12.9. The Hall–Kier alpha value is -2.42. The predicted molar refractivity (Wildman–Crippen MR) is 125 cm³/mol. The number of sulfonamides is 1. The number of hydrogen-bond acceptors (Lipinski definition) is 5. The van der Waals surface area contributed by atoms with Gasteiger partial charge in [-0.25, -0.2) is 13.1 Å². The fourth-order valence-electron chi connectivity index (χ4n) is 3.60. The van der Waals surface area contributed by atoms with E-state index in [0.29, 0.717) is 13.2 Å². The molecule has 3 rings (SSSR count). The zero-order valence-corrected chi connectivity index (χ0v) is 19.7. The minimum absolute atomic E-state index is 0.0594. The number of amides is 1. The molecule has 0 unspecified atom stereocenters. The lowest BCUT2D eigenvalue weighted by Crippen LogP contribution is -2.30. The normalized spacial score (nSPS) is 13.6. The number of nitrogens with zero attached hydrogens (tertiary/aromatic N) is 1. The molecule has 0 saturated carbocycles. The maximum atomic E-state index is 12.6. The van der Waals surface area contributed by atoms with Crippen LogP contribution in [0, 0.1) is 0 Å². The van der Waals surface area contributed by atoms with Gasteiger partial charge >= 0.3 is 0 Å². The number of carbonyl (C=O) groups is 1. The molecule has 0 atom stereocenters. The fourth-order valence-corrected chi connectivity index (χ4v) is 4.68. The molecule has 0 heterocycles. The highest BCUT2D eigenvalue weighted by Gasteiger charge is 2.17. The van der Waals surface area contributed by atoms with Crippen LogP contribution in [0.3, 0.4) is 0 Å². The van der Waals surface area contributed by atoms with E-state index in [1.54, 1.807) is 12.1 Å². The molecule has 2 N–H and O–H groups in total. The second-order valence-corrected chi connectivity index (χ2v) is 10.1. The van der Waals surface area contributed by atoms with Crippen LogP contribution in [-0.4, -0.2) is 53.0 Å². The Morgan fingerprint density at radius 3 is 2.47 bits per heavy atom. The summed E-state index contributed by atoms with van der Waals surface area (Å²) in [4.78, 5) is 14.4. The van der Waals surface area contributed by atoms with Crippen molar-refractivity contribution in [2.45, 2.75) is 43.5 Å². The number of aryl methyl sites for hydroxylation is 2. The summed E-state index contributed by atoms with van der Waals surface area (Å²) in [5.74, 6) is 0.586. The van der Waals surface area contributed by atoms with Crippen LogP contribution in [0.5, 0.6) is 5.75 Å². The van der Waals surface area contributed by atoms with E-state index < -0.39 is 10.0 Å². The van der Waals surface area contributed by atoms with Crippen LogP contribution >= 0.6 is 0 Å². The summed E-state index contributed by atoms with van der Waals surface area (Å²) in [5, 5.41) is 2.82. The average molecular weight is 460 g/mol. The molecule has 2 aromatic rings. The summed E-state index contributed by atoms with van der Waals surface area (Å²) in [5.41, 5.74) is 3.31. The van der Waals surface area contributed by atoms with Gasteiger partial charge in [-0.15, -0.1) is 0 Å². The van der Waals surface area contributed by atoms with Gasteiger partial charge in [0.25, 0.3) is 0 Å². The Balaban J connectivity index is 1.40. The topological polar surface area (TPSA) is 87.7 Å². The van der Waals surface area contributed by atoms with Gasteiger partial charge in [0.05, 0.1) is 4.90 Å².